The van der Waals surface area contributed by atoms with Crippen LogP contribution in [0.1, 0.15) is 33.2 Å². The van der Waals surface area contributed by atoms with Gasteiger partial charge in [0.2, 0.25) is 0 Å². The molecule has 0 radical (unpaired) electrons. The van der Waals surface area contributed by atoms with Gasteiger partial charge in [0.05, 0.1) is 6.54 Å². The highest BCUT2D eigenvalue weighted by Gasteiger charge is 2.10. The molecule has 1 N–H and O–H groups in total. The van der Waals surface area contributed by atoms with E-state index in [4.69, 9.17) is 0 Å². The zero-order chi connectivity index (χ0) is 17.5. The second-order valence-corrected chi connectivity index (χ2v) is 5.76. The molecule has 0 aliphatic carbocycles. The van der Waals surface area contributed by atoms with E-state index in [-0.39, 0.29) is 18.2 Å². The Morgan fingerprint density at radius 2 is 1.62 bits per heavy atom. The SMILES string of the molecule is C=C(C)N(C)Cc1ccc(C(=O)NCC(=O)c2ccccc2)cc1. The van der Waals surface area contributed by atoms with Crippen LogP contribution in [-0.4, -0.2) is 30.2 Å². The maximum Gasteiger partial charge on any atom is 0.251 e. The van der Waals surface area contributed by atoms with Crippen LogP contribution in [0.3, 0.4) is 0 Å². The summed E-state index contributed by atoms with van der Waals surface area (Å²) >= 11 is 0. The van der Waals surface area contributed by atoms with Crippen LogP contribution in [0.25, 0.3) is 0 Å². The van der Waals surface area contributed by atoms with E-state index in [1.165, 1.54) is 0 Å². The van der Waals surface area contributed by atoms with Crippen molar-refractivity contribution >= 4 is 11.7 Å². The fourth-order valence-corrected chi connectivity index (χ4v) is 2.16. The number of carbonyl (C=O) groups is 2. The van der Waals surface area contributed by atoms with Crippen LogP contribution in [0.5, 0.6) is 0 Å². The first kappa shape index (κ1) is 17.5. The molecule has 2 aromatic carbocycles. The molecule has 1 amide bonds. The van der Waals surface area contributed by atoms with E-state index in [0.717, 1.165) is 17.8 Å². The van der Waals surface area contributed by atoms with Crippen molar-refractivity contribution in [3.63, 3.8) is 0 Å². The van der Waals surface area contributed by atoms with Crippen LogP contribution in [0.4, 0.5) is 0 Å². The van der Waals surface area contributed by atoms with Gasteiger partial charge in [-0.1, -0.05) is 49.0 Å². The van der Waals surface area contributed by atoms with Crippen molar-refractivity contribution in [3.8, 4) is 0 Å². The molecule has 0 aliphatic heterocycles. The first-order chi connectivity index (χ1) is 11.5. The highest BCUT2D eigenvalue weighted by molar-refractivity contribution is 6.02. The summed E-state index contributed by atoms with van der Waals surface area (Å²) in [7, 11) is 1.97. The Labute approximate surface area is 142 Å². The molecule has 0 fully saturated rings. The number of rotatable bonds is 7. The second kappa shape index (κ2) is 8.11. The summed E-state index contributed by atoms with van der Waals surface area (Å²) in [6.45, 7) is 6.57. The van der Waals surface area contributed by atoms with Gasteiger partial charge < -0.3 is 10.2 Å². The average molecular weight is 322 g/mol. The van der Waals surface area contributed by atoms with E-state index in [1.807, 2.05) is 37.1 Å². The number of amides is 1. The summed E-state index contributed by atoms with van der Waals surface area (Å²) in [5, 5.41) is 2.66. The van der Waals surface area contributed by atoms with Crippen LogP contribution in [0, 0.1) is 0 Å². The number of hydrogen-bond donors (Lipinski definition) is 1. The number of nitrogens with zero attached hydrogens (tertiary/aromatic N) is 1. The molecule has 4 heteroatoms. The van der Waals surface area contributed by atoms with Crippen molar-refractivity contribution in [2.75, 3.05) is 13.6 Å². The Morgan fingerprint density at radius 1 is 1.00 bits per heavy atom. The van der Waals surface area contributed by atoms with Gasteiger partial charge in [-0.2, -0.15) is 0 Å². The maximum absolute atomic E-state index is 12.1. The van der Waals surface area contributed by atoms with Crippen LogP contribution in [0.2, 0.25) is 0 Å². The van der Waals surface area contributed by atoms with Gasteiger partial charge in [-0.3, -0.25) is 9.59 Å². The van der Waals surface area contributed by atoms with Gasteiger partial charge in [0, 0.05) is 30.4 Å². The third kappa shape index (κ3) is 4.81. The van der Waals surface area contributed by atoms with Crippen molar-refractivity contribution in [3.05, 3.63) is 83.6 Å². The fourth-order valence-electron chi connectivity index (χ4n) is 2.16. The predicted molar refractivity (Wildman–Crippen MR) is 95.8 cm³/mol. The highest BCUT2D eigenvalue weighted by atomic mass is 16.2. The zero-order valence-corrected chi connectivity index (χ0v) is 14.1. The molecule has 0 saturated carbocycles. The van der Waals surface area contributed by atoms with Gasteiger partial charge in [0.1, 0.15) is 0 Å². The van der Waals surface area contributed by atoms with Crippen molar-refractivity contribution in [1.29, 1.82) is 0 Å². The highest BCUT2D eigenvalue weighted by Crippen LogP contribution is 2.09. The fraction of sp³-hybridized carbons (Fsp3) is 0.200. The topological polar surface area (TPSA) is 49.4 Å². The molecule has 0 aliphatic rings. The summed E-state index contributed by atoms with van der Waals surface area (Å²) in [5.41, 5.74) is 3.21. The Balaban J connectivity index is 1.91. The van der Waals surface area contributed by atoms with E-state index in [1.54, 1.807) is 36.4 Å². The summed E-state index contributed by atoms with van der Waals surface area (Å²) < 4.78 is 0. The first-order valence-electron chi connectivity index (χ1n) is 7.79. The van der Waals surface area contributed by atoms with E-state index in [0.29, 0.717) is 11.1 Å². The number of benzene rings is 2. The molecule has 124 valence electrons. The van der Waals surface area contributed by atoms with Gasteiger partial charge in [-0.25, -0.2) is 0 Å². The molecule has 0 saturated heterocycles. The zero-order valence-electron chi connectivity index (χ0n) is 14.1. The van der Waals surface area contributed by atoms with Crippen LogP contribution >= 0.6 is 0 Å². The number of hydrogen-bond acceptors (Lipinski definition) is 3. The normalized spacial score (nSPS) is 10.1. The third-order valence-electron chi connectivity index (χ3n) is 3.79. The van der Waals surface area contributed by atoms with Crippen molar-refractivity contribution in [2.24, 2.45) is 0 Å². The minimum atomic E-state index is -0.251. The lowest BCUT2D eigenvalue weighted by atomic mass is 10.1. The number of ketones is 1. The average Bonchev–Trinajstić information content (AvgIpc) is 2.60. The van der Waals surface area contributed by atoms with Crippen LogP contribution in [0.15, 0.2) is 66.9 Å². The largest absolute Gasteiger partial charge is 0.374 e. The number of carbonyl (C=O) groups excluding carboxylic acids is 2. The van der Waals surface area contributed by atoms with Crippen molar-refractivity contribution in [2.45, 2.75) is 13.5 Å². The van der Waals surface area contributed by atoms with E-state index in [2.05, 4.69) is 11.9 Å². The molecule has 2 aromatic rings. The standard InChI is InChI=1S/C20H22N2O2/c1-15(2)22(3)14-16-9-11-18(12-10-16)20(24)21-13-19(23)17-7-5-4-6-8-17/h4-12H,1,13-14H2,2-3H3,(H,21,24). The van der Waals surface area contributed by atoms with Gasteiger partial charge in [0.25, 0.3) is 5.91 Å². The molecule has 24 heavy (non-hydrogen) atoms. The number of nitrogens with one attached hydrogen (secondary N) is 1. The first-order valence-corrected chi connectivity index (χ1v) is 7.79. The van der Waals surface area contributed by atoms with Crippen molar-refractivity contribution < 1.29 is 9.59 Å². The quantitative estimate of drug-likeness (QED) is 0.796. The van der Waals surface area contributed by atoms with Crippen molar-refractivity contribution in [1.82, 2.24) is 10.2 Å². The number of allylic oxidation sites excluding steroid dienone is 1. The Hall–Kier alpha value is -2.88. The van der Waals surface area contributed by atoms with E-state index < -0.39 is 0 Å². The summed E-state index contributed by atoms with van der Waals surface area (Å²) in [6, 6.07) is 16.3. The predicted octanol–water partition coefficient (Wildman–Crippen LogP) is 3.26. The molecule has 4 nitrogen and oxygen atoms in total. The molecule has 0 heterocycles. The lowest BCUT2D eigenvalue weighted by molar-refractivity contribution is 0.0904. The Kier molecular flexibility index (Phi) is 5.90. The molecular formula is C20H22N2O2. The lowest BCUT2D eigenvalue weighted by Crippen LogP contribution is -2.29. The second-order valence-electron chi connectivity index (χ2n) is 5.76. The molecule has 0 aromatic heterocycles. The van der Waals surface area contributed by atoms with Crippen LogP contribution in [-0.2, 0) is 6.54 Å². The van der Waals surface area contributed by atoms with Gasteiger partial charge in [0.15, 0.2) is 5.78 Å². The molecule has 2 rings (SSSR count). The van der Waals surface area contributed by atoms with Gasteiger partial charge >= 0.3 is 0 Å². The molecule has 0 atom stereocenters. The molecule has 0 spiro atoms. The van der Waals surface area contributed by atoms with Gasteiger partial charge in [-0.05, 0) is 24.6 Å². The summed E-state index contributed by atoms with van der Waals surface area (Å²) in [6.07, 6.45) is 0. The number of Topliss-reactive ketones (excluding diaryl/α,β-unsaturated/α-hetero) is 1. The lowest BCUT2D eigenvalue weighted by Gasteiger charge is -2.18. The summed E-state index contributed by atoms with van der Waals surface area (Å²) in [5.74, 6) is -0.359. The maximum atomic E-state index is 12.1. The van der Waals surface area contributed by atoms with E-state index >= 15 is 0 Å². The van der Waals surface area contributed by atoms with E-state index in [9.17, 15) is 9.59 Å². The Bertz CT molecular complexity index is 721. The molecule has 0 bridgehead atoms. The van der Waals surface area contributed by atoms with Gasteiger partial charge in [-0.15, -0.1) is 0 Å². The van der Waals surface area contributed by atoms with Crippen LogP contribution < -0.4 is 5.32 Å². The Morgan fingerprint density at radius 3 is 2.21 bits per heavy atom. The molecule has 0 unspecified atom stereocenters. The molecular weight excluding hydrogens is 300 g/mol. The monoisotopic (exact) mass is 322 g/mol. The minimum Gasteiger partial charge on any atom is -0.374 e. The smallest absolute Gasteiger partial charge is 0.251 e. The minimum absolute atomic E-state index is 0.0109. The summed E-state index contributed by atoms with van der Waals surface area (Å²) in [4.78, 5) is 26.2. The third-order valence-corrected chi connectivity index (χ3v) is 3.79.